The van der Waals surface area contributed by atoms with Crippen LogP contribution < -0.4 is 10.4 Å². The molecule has 0 aliphatic rings. The van der Waals surface area contributed by atoms with E-state index < -0.39 is 17.3 Å². The van der Waals surface area contributed by atoms with E-state index in [1.165, 1.54) is 12.3 Å². The monoisotopic (exact) mass is 332 g/mol. The summed E-state index contributed by atoms with van der Waals surface area (Å²) >= 11 is 0. The van der Waals surface area contributed by atoms with Crippen molar-refractivity contribution in [2.45, 2.75) is 32.5 Å². The Morgan fingerprint density at radius 3 is 2.71 bits per heavy atom. The summed E-state index contributed by atoms with van der Waals surface area (Å²) < 4.78 is 22.0. The van der Waals surface area contributed by atoms with Gasteiger partial charge in [-0.15, -0.1) is 0 Å². The van der Waals surface area contributed by atoms with E-state index in [0.717, 1.165) is 5.39 Å². The second kappa shape index (κ2) is 6.30. The van der Waals surface area contributed by atoms with Crippen molar-refractivity contribution in [2.75, 3.05) is 13.2 Å². The van der Waals surface area contributed by atoms with Gasteiger partial charge >= 0.3 is 5.63 Å². The van der Waals surface area contributed by atoms with Gasteiger partial charge in [0.05, 0.1) is 22.6 Å². The number of aliphatic hydroxyl groups is 1. The Labute approximate surface area is 138 Å². The predicted molar refractivity (Wildman–Crippen MR) is 89.5 cm³/mol. The summed E-state index contributed by atoms with van der Waals surface area (Å²) in [4.78, 5) is 11.4. The number of ether oxygens (including phenoxy) is 2. The Morgan fingerprint density at radius 2 is 1.96 bits per heavy atom. The summed E-state index contributed by atoms with van der Waals surface area (Å²) in [7, 11) is 0. The summed E-state index contributed by atoms with van der Waals surface area (Å²) in [6.45, 7) is 6.01. The summed E-state index contributed by atoms with van der Waals surface area (Å²) in [5, 5.41) is 11.8. The fourth-order valence-corrected chi connectivity index (χ4v) is 2.60. The number of fused-ring (bicyclic) bond motifs is 2. The lowest BCUT2D eigenvalue weighted by Gasteiger charge is -2.30. The first-order valence-corrected chi connectivity index (χ1v) is 7.81. The van der Waals surface area contributed by atoms with Gasteiger partial charge in [0.25, 0.3) is 0 Å². The summed E-state index contributed by atoms with van der Waals surface area (Å²) in [5.74, 6) is 0.506. The molecule has 0 aliphatic heterocycles. The first-order valence-electron chi connectivity index (χ1n) is 7.81. The maximum atomic E-state index is 11.4. The fraction of sp³-hybridized carbons (Fsp3) is 0.389. The molecule has 2 aromatic heterocycles. The van der Waals surface area contributed by atoms with Crippen molar-refractivity contribution in [3.05, 3.63) is 40.9 Å². The van der Waals surface area contributed by atoms with E-state index >= 15 is 0 Å². The third-order valence-electron chi connectivity index (χ3n) is 4.01. The van der Waals surface area contributed by atoms with Gasteiger partial charge in [-0.3, -0.25) is 0 Å². The van der Waals surface area contributed by atoms with Crippen LogP contribution >= 0.6 is 0 Å². The van der Waals surface area contributed by atoms with Gasteiger partial charge in [-0.1, -0.05) is 0 Å². The van der Waals surface area contributed by atoms with Gasteiger partial charge in [-0.05, 0) is 32.9 Å². The predicted octanol–water partition coefficient (Wildman–Crippen LogP) is 3.09. The van der Waals surface area contributed by atoms with Gasteiger partial charge in [-0.25, -0.2) is 4.79 Å². The van der Waals surface area contributed by atoms with Crippen LogP contribution in [0.1, 0.15) is 20.8 Å². The molecule has 3 aromatic rings. The summed E-state index contributed by atoms with van der Waals surface area (Å²) in [6.07, 6.45) is 0.708. The molecular weight excluding hydrogens is 312 g/mol. The zero-order valence-electron chi connectivity index (χ0n) is 13.9. The number of hydrogen-bond donors (Lipinski definition) is 1. The smallest absolute Gasteiger partial charge is 0.336 e. The fourth-order valence-electron chi connectivity index (χ4n) is 2.60. The molecule has 1 atom stereocenters. The zero-order chi connectivity index (χ0) is 17.3. The summed E-state index contributed by atoms with van der Waals surface area (Å²) in [5.41, 5.74) is -0.262. The lowest BCUT2D eigenvalue weighted by molar-refractivity contribution is -0.108. The molecule has 1 aromatic carbocycles. The van der Waals surface area contributed by atoms with Crippen LogP contribution in [0.5, 0.6) is 5.75 Å². The van der Waals surface area contributed by atoms with Gasteiger partial charge < -0.3 is 23.4 Å². The first kappa shape index (κ1) is 16.5. The van der Waals surface area contributed by atoms with Crippen molar-refractivity contribution in [1.82, 2.24) is 0 Å². The van der Waals surface area contributed by atoms with E-state index in [4.69, 9.17) is 18.3 Å². The van der Waals surface area contributed by atoms with Crippen LogP contribution in [0, 0.1) is 0 Å². The van der Waals surface area contributed by atoms with E-state index in [0.29, 0.717) is 28.9 Å². The highest BCUT2D eigenvalue weighted by Gasteiger charge is 2.29. The Morgan fingerprint density at radius 1 is 1.21 bits per heavy atom. The number of furan rings is 1. The van der Waals surface area contributed by atoms with Gasteiger partial charge in [0.2, 0.25) is 0 Å². The van der Waals surface area contributed by atoms with Gasteiger partial charge in [0.15, 0.2) is 0 Å². The highest BCUT2D eigenvalue weighted by atomic mass is 16.5. The molecule has 0 bridgehead atoms. The average Bonchev–Trinajstić information content (AvgIpc) is 2.98. The molecule has 3 rings (SSSR count). The molecule has 0 saturated heterocycles. The number of rotatable bonds is 6. The van der Waals surface area contributed by atoms with Crippen LogP contribution in [0.15, 0.2) is 44.2 Å². The minimum Gasteiger partial charge on any atom is -0.489 e. The maximum absolute atomic E-state index is 11.4. The molecule has 0 amide bonds. The van der Waals surface area contributed by atoms with Gasteiger partial charge in [-0.2, -0.15) is 0 Å². The van der Waals surface area contributed by atoms with E-state index in [-0.39, 0.29) is 6.61 Å². The Bertz CT molecular complexity index is 905. The normalized spacial score (nSPS) is 13.5. The van der Waals surface area contributed by atoms with Crippen molar-refractivity contribution in [2.24, 2.45) is 0 Å². The number of benzene rings is 1. The lowest BCUT2D eigenvalue weighted by atomic mass is 10.0. The molecule has 0 aliphatic carbocycles. The van der Waals surface area contributed by atoms with Crippen molar-refractivity contribution in [1.29, 1.82) is 0 Å². The molecular formula is C18H20O6. The van der Waals surface area contributed by atoms with Crippen LogP contribution in [0.4, 0.5) is 0 Å². The summed E-state index contributed by atoms with van der Waals surface area (Å²) in [6, 6.07) is 6.40. The SMILES string of the molecule is CCOC(C)(C)[C@H](O)COc1c2ccoc2cc2oc(=O)ccc12. The molecule has 6 heteroatoms. The minimum atomic E-state index is -0.828. The molecule has 0 fully saturated rings. The average molecular weight is 332 g/mol. The third kappa shape index (κ3) is 3.02. The highest BCUT2D eigenvalue weighted by Crippen LogP contribution is 2.35. The van der Waals surface area contributed by atoms with Gasteiger partial charge in [0.1, 0.15) is 29.6 Å². The maximum Gasteiger partial charge on any atom is 0.336 e. The van der Waals surface area contributed by atoms with Crippen LogP contribution in [0.3, 0.4) is 0 Å². The van der Waals surface area contributed by atoms with Crippen molar-refractivity contribution < 1.29 is 23.4 Å². The van der Waals surface area contributed by atoms with E-state index in [9.17, 15) is 9.90 Å². The van der Waals surface area contributed by atoms with Crippen molar-refractivity contribution >= 4 is 21.9 Å². The third-order valence-corrected chi connectivity index (χ3v) is 4.01. The second-order valence-corrected chi connectivity index (χ2v) is 6.07. The van der Waals surface area contributed by atoms with E-state index in [1.807, 2.05) is 6.92 Å². The van der Waals surface area contributed by atoms with Crippen molar-refractivity contribution in [3.8, 4) is 5.75 Å². The number of hydrogen-bond acceptors (Lipinski definition) is 6. The second-order valence-electron chi connectivity index (χ2n) is 6.07. The molecule has 0 spiro atoms. The van der Waals surface area contributed by atoms with Crippen LogP contribution in [0.25, 0.3) is 21.9 Å². The Balaban J connectivity index is 1.98. The molecule has 1 N–H and O–H groups in total. The molecule has 6 nitrogen and oxygen atoms in total. The zero-order valence-corrected chi connectivity index (χ0v) is 13.9. The van der Waals surface area contributed by atoms with Gasteiger partial charge in [0, 0.05) is 18.7 Å². The van der Waals surface area contributed by atoms with E-state index in [2.05, 4.69) is 0 Å². The molecule has 24 heavy (non-hydrogen) atoms. The van der Waals surface area contributed by atoms with E-state index in [1.54, 1.807) is 32.0 Å². The highest BCUT2D eigenvalue weighted by molar-refractivity contribution is 6.01. The van der Waals surface area contributed by atoms with Crippen LogP contribution in [-0.2, 0) is 4.74 Å². The van der Waals surface area contributed by atoms with Crippen LogP contribution in [0.2, 0.25) is 0 Å². The molecule has 128 valence electrons. The molecule has 0 saturated carbocycles. The largest absolute Gasteiger partial charge is 0.489 e. The van der Waals surface area contributed by atoms with Crippen LogP contribution in [-0.4, -0.2) is 30.0 Å². The quantitative estimate of drug-likeness (QED) is 0.699. The molecule has 0 unspecified atom stereocenters. The Hall–Kier alpha value is -2.31. The topological polar surface area (TPSA) is 82.0 Å². The minimum absolute atomic E-state index is 0.0333. The molecule has 0 radical (unpaired) electrons. The first-order chi connectivity index (χ1) is 11.4. The number of aliphatic hydroxyl groups excluding tert-OH is 1. The Kier molecular flexibility index (Phi) is 4.34. The molecule has 2 heterocycles. The van der Waals surface area contributed by atoms with Crippen molar-refractivity contribution in [3.63, 3.8) is 0 Å². The standard InChI is InChI=1S/C18H20O6/c1-4-23-18(2,3)15(19)10-22-17-11-5-6-16(20)24-14(11)9-13-12(17)7-8-21-13/h5-9,15,19H,4,10H2,1-3H3/t15-/m1/s1. The lowest BCUT2D eigenvalue weighted by Crippen LogP contribution is -2.42.